The van der Waals surface area contributed by atoms with Crippen molar-refractivity contribution in [1.82, 2.24) is 4.90 Å². The van der Waals surface area contributed by atoms with Gasteiger partial charge in [-0.1, -0.05) is 78.4 Å². The molecule has 2 atom stereocenters. The Morgan fingerprint density at radius 3 is 2.00 bits per heavy atom. The molecule has 4 rings (SSSR count). The zero-order valence-corrected chi connectivity index (χ0v) is 18.0. The summed E-state index contributed by atoms with van der Waals surface area (Å²) < 4.78 is 26.9. The molecule has 0 saturated carbocycles. The molecule has 2 amide bonds. The van der Waals surface area contributed by atoms with Gasteiger partial charge >= 0.3 is 0 Å². The predicted molar refractivity (Wildman–Crippen MR) is 118 cm³/mol. The molecule has 1 aliphatic rings. The number of nitrogens with zero attached hydrogens (tertiary/aromatic N) is 1. The number of hydrogen-bond acceptors (Lipinski definition) is 4. The Balaban J connectivity index is 1.76. The van der Waals surface area contributed by atoms with Crippen LogP contribution in [0.2, 0.25) is 0 Å². The lowest BCUT2D eigenvalue weighted by atomic mass is 9.89. The van der Waals surface area contributed by atoms with Crippen molar-refractivity contribution in [2.45, 2.75) is 36.0 Å². The van der Waals surface area contributed by atoms with Crippen molar-refractivity contribution in [1.29, 1.82) is 0 Å². The first-order valence-electron chi connectivity index (χ1n) is 10.1. The molecule has 1 fully saturated rings. The first-order chi connectivity index (χ1) is 14.9. The second kappa shape index (κ2) is 8.47. The van der Waals surface area contributed by atoms with Crippen LogP contribution in [0.3, 0.4) is 0 Å². The average Bonchev–Trinajstić information content (AvgIpc) is 2.78. The molecule has 31 heavy (non-hydrogen) atoms. The summed E-state index contributed by atoms with van der Waals surface area (Å²) in [5.41, 5.74) is 2.41. The van der Waals surface area contributed by atoms with Gasteiger partial charge in [0, 0.05) is 0 Å². The highest BCUT2D eigenvalue weighted by atomic mass is 32.2. The van der Waals surface area contributed by atoms with Gasteiger partial charge in [-0.05, 0) is 36.6 Å². The quantitative estimate of drug-likeness (QED) is 0.573. The second-order valence-electron chi connectivity index (χ2n) is 7.79. The van der Waals surface area contributed by atoms with E-state index in [1.165, 1.54) is 12.1 Å². The van der Waals surface area contributed by atoms with E-state index in [0.717, 1.165) is 16.0 Å². The van der Waals surface area contributed by atoms with Crippen LogP contribution in [0.25, 0.3) is 0 Å². The highest BCUT2D eigenvalue weighted by Gasteiger charge is 2.47. The van der Waals surface area contributed by atoms with E-state index in [0.29, 0.717) is 5.56 Å². The molecule has 0 bridgehead atoms. The molecule has 158 valence electrons. The number of imide groups is 1. The summed E-state index contributed by atoms with van der Waals surface area (Å²) in [6.45, 7) is 1.91. The SMILES string of the molecule is Cc1ccc(S(=O)(=O)C2CC(c3ccccc3)C(=O)N(Cc3ccccc3)C2=O)cc1. The summed E-state index contributed by atoms with van der Waals surface area (Å²) in [5, 5.41) is -1.32. The van der Waals surface area contributed by atoms with Gasteiger partial charge < -0.3 is 0 Å². The van der Waals surface area contributed by atoms with Gasteiger partial charge in [-0.3, -0.25) is 14.5 Å². The number of rotatable bonds is 5. The Kier molecular flexibility index (Phi) is 5.74. The Morgan fingerprint density at radius 1 is 0.806 bits per heavy atom. The normalized spacial score (nSPS) is 19.5. The zero-order valence-electron chi connectivity index (χ0n) is 17.1. The van der Waals surface area contributed by atoms with Gasteiger partial charge in [0.25, 0.3) is 0 Å². The molecule has 1 heterocycles. The number of likely N-dealkylation sites (tertiary alicyclic amines) is 1. The van der Waals surface area contributed by atoms with Gasteiger partial charge in [0.2, 0.25) is 11.8 Å². The molecule has 3 aromatic rings. The van der Waals surface area contributed by atoms with E-state index < -0.39 is 26.9 Å². The fourth-order valence-electron chi connectivity index (χ4n) is 3.92. The first-order valence-corrected chi connectivity index (χ1v) is 11.7. The van der Waals surface area contributed by atoms with Crippen LogP contribution in [0.5, 0.6) is 0 Å². The highest BCUT2D eigenvalue weighted by molar-refractivity contribution is 7.92. The largest absolute Gasteiger partial charge is 0.276 e. The zero-order chi connectivity index (χ0) is 22.0. The van der Waals surface area contributed by atoms with Crippen LogP contribution in [0, 0.1) is 6.92 Å². The molecule has 2 unspecified atom stereocenters. The lowest BCUT2D eigenvalue weighted by Crippen LogP contribution is -2.53. The average molecular weight is 434 g/mol. The van der Waals surface area contributed by atoms with E-state index in [9.17, 15) is 18.0 Å². The minimum Gasteiger partial charge on any atom is -0.276 e. The lowest BCUT2D eigenvalue weighted by molar-refractivity contribution is -0.149. The van der Waals surface area contributed by atoms with Crippen LogP contribution in [0.15, 0.2) is 89.8 Å². The second-order valence-corrected chi connectivity index (χ2v) is 9.92. The fraction of sp³-hybridized carbons (Fsp3) is 0.200. The van der Waals surface area contributed by atoms with E-state index in [4.69, 9.17) is 0 Å². The fourth-order valence-corrected chi connectivity index (χ4v) is 5.61. The van der Waals surface area contributed by atoms with Crippen molar-refractivity contribution in [2.24, 2.45) is 0 Å². The molecule has 3 aromatic carbocycles. The van der Waals surface area contributed by atoms with Crippen molar-refractivity contribution >= 4 is 21.7 Å². The van der Waals surface area contributed by atoms with Crippen LogP contribution in [0.4, 0.5) is 0 Å². The predicted octanol–water partition coefficient (Wildman–Crippen LogP) is 3.88. The molecule has 0 aromatic heterocycles. The maximum Gasteiger partial charge on any atom is 0.248 e. The number of amides is 2. The smallest absolute Gasteiger partial charge is 0.248 e. The van der Waals surface area contributed by atoms with Crippen LogP contribution in [0.1, 0.15) is 29.0 Å². The summed E-state index contributed by atoms with van der Waals surface area (Å²) in [6, 6.07) is 24.6. The van der Waals surface area contributed by atoms with Crippen molar-refractivity contribution in [2.75, 3.05) is 0 Å². The minimum absolute atomic E-state index is 0.0434. The first kappa shape index (κ1) is 21.0. The summed E-state index contributed by atoms with van der Waals surface area (Å²) in [5.74, 6) is -1.73. The summed E-state index contributed by atoms with van der Waals surface area (Å²) >= 11 is 0. The monoisotopic (exact) mass is 433 g/mol. The van der Waals surface area contributed by atoms with Gasteiger partial charge in [-0.15, -0.1) is 0 Å². The lowest BCUT2D eigenvalue weighted by Gasteiger charge is -2.35. The number of aryl methyl sites for hydroxylation is 1. The number of hydrogen-bond donors (Lipinski definition) is 0. The summed E-state index contributed by atoms with van der Waals surface area (Å²) in [7, 11) is -3.96. The van der Waals surface area contributed by atoms with E-state index in [1.54, 1.807) is 24.3 Å². The highest BCUT2D eigenvalue weighted by Crippen LogP contribution is 2.35. The molecule has 0 aliphatic carbocycles. The number of carbonyl (C=O) groups excluding carboxylic acids is 2. The Bertz CT molecular complexity index is 1190. The third-order valence-electron chi connectivity index (χ3n) is 5.66. The minimum atomic E-state index is -3.96. The van der Waals surface area contributed by atoms with Crippen LogP contribution in [-0.4, -0.2) is 30.4 Å². The van der Waals surface area contributed by atoms with Crippen LogP contribution in [-0.2, 0) is 26.0 Å². The van der Waals surface area contributed by atoms with Crippen molar-refractivity contribution in [3.63, 3.8) is 0 Å². The molecule has 0 spiro atoms. The number of carbonyl (C=O) groups is 2. The molecule has 5 nitrogen and oxygen atoms in total. The summed E-state index contributed by atoms with van der Waals surface area (Å²) in [6.07, 6.45) is -0.0663. The maximum absolute atomic E-state index is 13.4. The number of benzene rings is 3. The van der Waals surface area contributed by atoms with Gasteiger partial charge in [-0.25, -0.2) is 8.42 Å². The van der Waals surface area contributed by atoms with Gasteiger partial charge in [0.15, 0.2) is 9.84 Å². The van der Waals surface area contributed by atoms with E-state index >= 15 is 0 Å². The third-order valence-corrected chi connectivity index (χ3v) is 7.74. The molecule has 0 N–H and O–H groups in total. The van der Waals surface area contributed by atoms with Crippen molar-refractivity contribution in [3.05, 3.63) is 102 Å². The molecular weight excluding hydrogens is 410 g/mol. The molecule has 0 radical (unpaired) electrons. The topological polar surface area (TPSA) is 71.5 Å². The van der Waals surface area contributed by atoms with E-state index in [-0.39, 0.29) is 23.8 Å². The van der Waals surface area contributed by atoms with Gasteiger partial charge in [-0.2, -0.15) is 0 Å². The van der Waals surface area contributed by atoms with Crippen LogP contribution < -0.4 is 0 Å². The van der Waals surface area contributed by atoms with Crippen LogP contribution >= 0.6 is 0 Å². The molecular formula is C25H23NO4S. The van der Waals surface area contributed by atoms with Crippen molar-refractivity contribution in [3.8, 4) is 0 Å². The summed E-state index contributed by atoms with van der Waals surface area (Å²) in [4.78, 5) is 27.8. The van der Waals surface area contributed by atoms with Gasteiger partial charge in [0.05, 0.1) is 17.4 Å². The molecule has 1 aliphatic heterocycles. The van der Waals surface area contributed by atoms with E-state index in [2.05, 4.69) is 0 Å². The molecule has 1 saturated heterocycles. The van der Waals surface area contributed by atoms with E-state index in [1.807, 2.05) is 55.5 Å². The number of sulfone groups is 1. The Labute approximate surface area is 182 Å². The number of piperidine rings is 1. The van der Waals surface area contributed by atoms with Gasteiger partial charge in [0.1, 0.15) is 5.25 Å². The van der Waals surface area contributed by atoms with Crippen molar-refractivity contribution < 1.29 is 18.0 Å². The standard InChI is InChI=1S/C25H23NO4S/c1-18-12-14-21(15-13-18)31(29,30)23-16-22(20-10-6-3-7-11-20)24(27)26(25(23)28)17-19-8-4-2-5-9-19/h2-15,22-23H,16-17H2,1H3. The maximum atomic E-state index is 13.4. The molecule has 6 heteroatoms. The Hall–Kier alpha value is -3.25. The Morgan fingerprint density at radius 2 is 1.39 bits per heavy atom. The third kappa shape index (κ3) is 4.16.